The SMILES string of the molecule is CC[C@H]1CC[C@H]([C@H]2CO[C@H](c3ccc(C#N)c(F)c3)OC2)CC1. The van der Waals surface area contributed by atoms with E-state index in [1.165, 1.54) is 44.2 Å². The number of benzene rings is 1. The van der Waals surface area contributed by atoms with Gasteiger partial charge in [0.15, 0.2) is 6.29 Å². The first-order valence-electron chi connectivity index (χ1n) is 8.64. The summed E-state index contributed by atoms with van der Waals surface area (Å²) < 4.78 is 25.4. The normalized spacial score (nSPS) is 31.5. The maximum Gasteiger partial charge on any atom is 0.183 e. The molecule has 2 aliphatic rings. The van der Waals surface area contributed by atoms with Crippen molar-refractivity contribution in [1.29, 1.82) is 5.26 Å². The Morgan fingerprint density at radius 3 is 2.39 bits per heavy atom. The lowest BCUT2D eigenvalue weighted by Crippen LogP contribution is -2.34. The Morgan fingerprint density at radius 1 is 1.13 bits per heavy atom. The van der Waals surface area contributed by atoms with E-state index in [1.54, 1.807) is 6.07 Å². The van der Waals surface area contributed by atoms with Gasteiger partial charge >= 0.3 is 0 Å². The molecule has 1 aliphatic carbocycles. The molecule has 0 aromatic heterocycles. The molecule has 1 aliphatic heterocycles. The summed E-state index contributed by atoms with van der Waals surface area (Å²) in [5, 5.41) is 8.78. The first-order chi connectivity index (χ1) is 11.2. The van der Waals surface area contributed by atoms with Gasteiger partial charge in [0, 0.05) is 11.5 Å². The van der Waals surface area contributed by atoms with Crippen molar-refractivity contribution < 1.29 is 13.9 Å². The van der Waals surface area contributed by atoms with Gasteiger partial charge in [-0.3, -0.25) is 0 Å². The van der Waals surface area contributed by atoms with Crippen LogP contribution in [0, 0.1) is 34.9 Å². The number of hydrogen-bond donors (Lipinski definition) is 0. The van der Waals surface area contributed by atoms with E-state index in [1.807, 2.05) is 6.07 Å². The van der Waals surface area contributed by atoms with E-state index in [0.29, 0.717) is 30.6 Å². The molecule has 1 saturated carbocycles. The third-order valence-electron chi connectivity index (χ3n) is 5.44. The molecule has 1 heterocycles. The molecule has 0 N–H and O–H groups in total. The molecule has 124 valence electrons. The fraction of sp³-hybridized carbons (Fsp3) is 0.632. The lowest BCUT2D eigenvalue weighted by atomic mass is 9.75. The van der Waals surface area contributed by atoms with Gasteiger partial charge in [-0.25, -0.2) is 4.39 Å². The molecule has 0 radical (unpaired) electrons. The average Bonchev–Trinajstić information content (AvgIpc) is 2.62. The zero-order valence-electron chi connectivity index (χ0n) is 13.6. The van der Waals surface area contributed by atoms with Gasteiger partial charge in [-0.1, -0.05) is 32.3 Å². The molecular formula is C19H24FNO2. The second-order valence-electron chi connectivity index (χ2n) is 6.80. The third-order valence-corrected chi connectivity index (χ3v) is 5.44. The molecular weight excluding hydrogens is 293 g/mol. The van der Waals surface area contributed by atoms with Crippen molar-refractivity contribution in [2.75, 3.05) is 13.2 Å². The van der Waals surface area contributed by atoms with Crippen molar-refractivity contribution >= 4 is 0 Å². The second kappa shape index (κ2) is 7.42. The Labute approximate surface area is 137 Å². The van der Waals surface area contributed by atoms with E-state index in [4.69, 9.17) is 14.7 Å². The van der Waals surface area contributed by atoms with Crippen molar-refractivity contribution in [3.8, 4) is 6.07 Å². The van der Waals surface area contributed by atoms with Crippen LogP contribution in [0.2, 0.25) is 0 Å². The summed E-state index contributed by atoms with van der Waals surface area (Å²) in [5.74, 6) is 1.52. The minimum atomic E-state index is -0.516. The lowest BCUT2D eigenvalue weighted by Gasteiger charge is -2.37. The molecule has 0 spiro atoms. The van der Waals surface area contributed by atoms with Crippen molar-refractivity contribution in [3.05, 3.63) is 35.1 Å². The van der Waals surface area contributed by atoms with Gasteiger partial charge in [0.25, 0.3) is 0 Å². The van der Waals surface area contributed by atoms with Crippen LogP contribution in [-0.2, 0) is 9.47 Å². The largest absolute Gasteiger partial charge is 0.348 e. The van der Waals surface area contributed by atoms with E-state index >= 15 is 0 Å². The van der Waals surface area contributed by atoms with Gasteiger partial charge in [-0.05, 0) is 36.8 Å². The van der Waals surface area contributed by atoms with Crippen LogP contribution in [0.25, 0.3) is 0 Å². The predicted molar refractivity (Wildman–Crippen MR) is 85.0 cm³/mol. The van der Waals surface area contributed by atoms with E-state index in [9.17, 15) is 4.39 Å². The molecule has 2 fully saturated rings. The van der Waals surface area contributed by atoms with Crippen molar-refractivity contribution in [2.24, 2.45) is 17.8 Å². The molecule has 4 heteroatoms. The van der Waals surface area contributed by atoms with Crippen LogP contribution in [0.3, 0.4) is 0 Å². The van der Waals surface area contributed by atoms with Gasteiger partial charge in [-0.15, -0.1) is 0 Å². The van der Waals surface area contributed by atoms with Gasteiger partial charge < -0.3 is 9.47 Å². The number of hydrogen-bond acceptors (Lipinski definition) is 3. The van der Waals surface area contributed by atoms with Crippen molar-refractivity contribution in [2.45, 2.75) is 45.3 Å². The highest BCUT2D eigenvalue weighted by Crippen LogP contribution is 2.38. The highest BCUT2D eigenvalue weighted by Gasteiger charge is 2.32. The van der Waals surface area contributed by atoms with Gasteiger partial charge in [0.1, 0.15) is 11.9 Å². The standard InChI is InChI=1S/C19H24FNO2/c1-2-13-3-5-14(6-4-13)17-11-22-19(23-12-17)15-7-8-16(10-21)18(20)9-15/h7-9,13-14,17,19H,2-6,11-12H2,1H3/t13-,14-,17-,19-. The summed E-state index contributed by atoms with van der Waals surface area (Å²) in [6.07, 6.45) is 5.96. The third kappa shape index (κ3) is 3.73. The van der Waals surface area contributed by atoms with Crippen LogP contribution >= 0.6 is 0 Å². The topological polar surface area (TPSA) is 42.2 Å². The van der Waals surface area contributed by atoms with Gasteiger partial charge in [0.05, 0.1) is 18.8 Å². The van der Waals surface area contributed by atoms with Gasteiger partial charge in [-0.2, -0.15) is 5.26 Å². The Kier molecular flexibility index (Phi) is 5.30. The monoisotopic (exact) mass is 317 g/mol. The van der Waals surface area contributed by atoms with Crippen LogP contribution in [0.4, 0.5) is 4.39 Å². The molecule has 3 rings (SSSR count). The molecule has 23 heavy (non-hydrogen) atoms. The number of nitriles is 1. The second-order valence-corrected chi connectivity index (χ2v) is 6.80. The van der Waals surface area contributed by atoms with Crippen LogP contribution in [-0.4, -0.2) is 13.2 Å². The van der Waals surface area contributed by atoms with Crippen molar-refractivity contribution in [1.82, 2.24) is 0 Å². The van der Waals surface area contributed by atoms with Crippen LogP contribution in [0.1, 0.15) is 56.4 Å². The average molecular weight is 317 g/mol. The predicted octanol–water partition coefficient (Wildman–Crippen LogP) is 4.58. The first kappa shape index (κ1) is 16.4. The maximum atomic E-state index is 13.7. The first-order valence-corrected chi connectivity index (χ1v) is 8.64. The van der Waals surface area contributed by atoms with E-state index < -0.39 is 12.1 Å². The molecule has 0 amide bonds. The molecule has 1 saturated heterocycles. The summed E-state index contributed by atoms with van der Waals surface area (Å²) in [6.45, 7) is 3.63. The van der Waals surface area contributed by atoms with E-state index in [2.05, 4.69) is 6.92 Å². The Bertz CT molecular complexity index is 567. The highest BCUT2D eigenvalue weighted by atomic mass is 19.1. The molecule has 0 atom stereocenters. The summed E-state index contributed by atoms with van der Waals surface area (Å²) in [6, 6.07) is 6.36. The summed E-state index contributed by atoms with van der Waals surface area (Å²) in [7, 11) is 0. The van der Waals surface area contributed by atoms with Crippen LogP contribution in [0.5, 0.6) is 0 Å². The minimum absolute atomic E-state index is 0.0510. The van der Waals surface area contributed by atoms with Crippen molar-refractivity contribution in [3.63, 3.8) is 0 Å². The lowest BCUT2D eigenvalue weighted by molar-refractivity contribution is -0.214. The quantitative estimate of drug-likeness (QED) is 0.819. The fourth-order valence-electron chi connectivity index (χ4n) is 3.82. The molecule has 0 unspecified atom stereocenters. The maximum absolute atomic E-state index is 13.7. The molecule has 0 bridgehead atoms. The van der Waals surface area contributed by atoms with Crippen LogP contribution in [0.15, 0.2) is 18.2 Å². The highest BCUT2D eigenvalue weighted by molar-refractivity contribution is 5.33. The molecule has 1 aromatic carbocycles. The minimum Gasteiger partial charge on any atom is -0.348 e. The Morgan fingerprint density at radius 2 is 1.83 bits per heavy atom. The summed E-state index contributed by atoms with van der Waals surface area (Å²) in [4.78, 5) is 0. The number of nitrogens with zero attached hydrogens (tertiary/aromatic N) is 1. The zero-order valence-corrected chi connectivity index (χ0v) is 13.6. The summed E-state index contributed by atoms with van der Waals surface area (Å²) in [5.41, 5.74) is 0.699. The number of rotatable bonds is 3. The van der Waals surface area contributed by atoms with Crippen LogP contribution < -0.4 is 0 Å². The van der Waals surface area contributed by atoms with E-state index in [0.717, 1.165) is 5.92 Å². The smallest absolute Gasteiger partial charge is 0.183 e. The Balaban J connectivity index is 1.54. The molecule has 1 aromatic rings. The number of ether oxygens (including phenoxy) is 2. The molecule has 3 nitrogen and oxygen atoms in total. The zero-order chi connectivity index (χ0) is 16.2. The van der Waals surface area contributed by atoms with E-state index in [-0.39, 0.29) is 5.56 Å². The summed E-state index contributed by atoms with van der Waals surface area (Å²) >= 11 is 0. The number of halogens is 1. The Hall–Kier alpha value is -1.44. The van der Waals surface area contributed by atoms with Gasteiger partial charge in [0.2, 0.25) is 0 Å². The fourth-order valence-corrected chi connectivity index (χ4v) is 3.82.